The highest BCUT2D eigenvalue weighted by Crippen LogP contribution is 2.20. The molecule has 0 saturated carbocycles. The van der Waals surface area contributed by atoms with Gasteiger partial charge in [-0.15, -0.1) is 0 Å². The molecular formula is C50H103NO2. The van der Waals surface area contributed by atoms with Crippen LogP contribution in [-0.4, -0.2) is 36.6 Å². The molecule has 53 heavy (non-hydrogen) atoms. The van der Waals surface area contributed by atoms with Gasteiger partial charge in [0, 0.05) is 5.97 Å². The molecule has 0 rings (SSSR count). The number of carbonyl (C=O) groups excluding carboxylic acids is 1. The van der Waals surface area contributed by atoms with E-state index in [1.165, 1.54) is 268 Å². The highest BCUT2D eigenvalue weighted by Gasteiger charge is 2.23. The third-order valence-electron chi connectivity index (χ3n) is 12.1. The molecule has 0 aromatic rings. The van der Waals surface area contributed by atoms with Gasteiger partial charge in [-0.2, -0.15) is 0 Å². The minimum absolute atomic E-state index is 0.231. The van der Waals surface area contributed by atoms with Crippen LogP contribution in [0.4, 0.5) is 0 Å². The zero-order valence-corrected chi connectivity index (χ0v) is 37.9. The monoisotopic (exact) mass is 750 g/mol. The molecule has 0 spiro atoms. The van der Waals surface area contributed by atoms with Crippen LogP contribution in [0.2, 0.25) is 0 Å². The number of hydrogen-bond acceptors (Lipinski definition) is 2. The zero-order chi connectivity index (χ0) is 39.2. The molecule has 3 nitrogen and oxygen atoms in total. The summed E-state index contributed by atoms with van der Waals surface area (Å²) in [5.41, 5.74) is 0. The fourth-order valence-electron chi connectivity index (χ4n) is 8.19. The third-order valence-corrected chi connectivity index (χ3v) is 12.1. The van der Waals surface area contributed by atoms with Crippen LogP contribution in [0.15, 0.2) is 0 Å². The van der Waals surface area contributed by atoms with Gasteiger partial charge in [0.1, 0.15) is 0 Å². The van der Waals surface area contributed by atoms with Crippen LogP contribution in [0.5, 0.6) is 0 Å². The van der Waals surface area contributed by atoms with Gasteiger partial charge in [-0.1, -0.05) is 233 Å². The van der Waals surface area contributed by atoms with Crippen LogP contribution in [0.25, 0.3) is 0 Å². The van der Waals surface area contributed by atoms with Crippen molar-refractivity contribution in [3.8, 4) is 0 Å². The molecular weight excluding hydrogens is 647 g/mol. The lowest BCUT2D eigenvalue weighted by atomic mass is 10.0. The Bertz CT molecular complexity index is 636. The maximum Gasteiger partial charge on any atom is 0.0786 e. The van der Waals surface area contributed by atoms with Crippen molar-refractivity contribution in [2.24, 2.45) is 0 Å². The van der Waals surface area contributed by atoms with E-state index in [-0.39, 0.29) is 6.42 Å². The van der Waals surface area contributed by atoms with Crippen LogP contribution in [0, 0.1) is 0 Å². The topological polar surface area (TPSA) is 40.1 Å². The van der Waals surface area contributed by atoms with E-state index in [1.807, 2.05) is 0 Å². The number of nitrogens with zero attached hydrogens (tertiary/aromatic N) is 1. The summed E-state index contributed by atoms with van der Waals surface area (Å²) in [6.45, 7) is 17.4. The third kappa shape index (κ3) is 45.7. The Labute approximate surface area is 337 Å². The van der Waals surface area contributed by atoms with E-state index in [2.05, 4.69) is 34.6 Å². The normalized spacial score (nSPS) is 11.6. The van der Waals surface area contributed by atoms with Gasteiger partial charge < -0.3 is 14.4 Å². The molecule has 0 aliphatic heterocycles. The molecule has 0 atom stereocenters. The molecule has 0 aromatic heterocycles. The largest absolute Gasteiger partial charge is 0.550 e. The molecule has 0 aromatic carbocycles. The number of carboxylic acids is 1. The van der Waals surface area contributed by atoms with E-state index in [0.29, 0.717) is 0 Å². The SMILES string of the molecule is CCCCCCCCCCC(=O)[O-].CCCCCCCCCCCCCC[N+](CC)(CCCCCCCCC)CCCCCCCCCCCCCC. The van der Waals surface area contributed by atoms with Gasteiger partial charge in [-0.05, 0) is 58.3 Å². The number of unbranched alkanes of at least 4 members (excludes halogenated alkanes) is 35. The van der Waals surface area contributed by atoms with Crippen molar-refractivity contribution in [3.63, 3.8) is 0 Å². The molecule has 3 heteroatoms. The minimum atomic E-state index is -0.911. The smallest absolute Gasteiger partial charge is 0.0786 e. The molecule has 0 radical (unpaired) electrons. The van der Waals surface area contributed by atoms with Gasteiger partial charge in [0.25, 0.3) is 0 Å². The quantitative estimate of drug-likeness (QED) is 0.0460. The number of hydrogen-bond donors (Lipinski definition) is 0. The maximum absolute atomic E-state index is 10.1. The lowest BCUT2D eigenvalue weighted by molar-refractivity contribution is -0.927. The van der Waals surface area contributed by atoms with Gasteiger partial charge >= 0.3 is 0 Å². The van der Waals surface area contributed by atoms with Crippen molar-refractivity contribution < 1.29 is 14.4 Å². The minimum Gasteiger partial charge on any atom is -0.550 e. The molecule has 0 amide bonds. The van der Waals surface area contributed by atoms with E-state index in [9.17, 15) is 9.90 Å². The second-order valence-corrected chi connectivity index (χ2v) is 17.3. The summed E-state index contributed by atoms with van der Waals surface area (Å²) in [5, 5.41) is 10.1. The Hall–Kier alpha value is -0.570. The first-order chi connectivity index (χ1) is 26.0. The van der Waals surface area contributed by atoms with Crippen molar-refractivity contribution in [1.29, 1.82) is 0 Å². The van der Waals surface area contributed by atoms with Crippen LogP contribution in [0.1, 0.15) is 291 Å². The van der Waals surface area contributed by atoms with Gasteiger partial charge in [-0.25, -0.2) is 0 Å². The first-order valence-corrected chi connectivity index (χ1v) is 25.1. The number of aliphatic carboxylic acids is 1. The molecule has 320 valence electrons. The van der Waals surface area contributed by atoms with E-state index in [4.69, 9.17) is 0 Å². The van der Waals surface area contributed by atoms with Crippen molar-refractivity contribution in [2.75, 3.05) is 26.2 Å². The summed E-state index contributed by atoms with van der Waals surface area (Å²) in [6.07, 6.45) is 55.1. The average Bonchev–Trinajstić information content (AvgIpc) is 3.16. The highest BCUT2D eigenvalue weighted by atomic mass is 16.4. The van der Waals surface area contributed by atoms with Gasteiger partial charge in [0.05, 0.1) is 26.2 Å². The molecule has 0 saturated heterocycles. The fourth-order valence-corrected chi connectivity index (χ4v) is 8.19. The molecule has 0 aliphatic carbocycles. The van der Waals surface area contributed by atoms with Crippen LogP contribution < -0.4 is 5.11 Å². The fraction of sp³-hybridized carbons (Fsp3) is 0.980. The number of quaternary nitrogens is 1. The summed E-state index contributed by atoms with van der Waals surface area (Å²) in [7, 11) is 0. The Morgan fingerprint density at radius 3 is 0.679 bits per heavy atom. The Kier molecular flexibility index (Phi) is 49.0. The maximum atomic E-state index is 10.1. The molecule has 0 bridgehead atoms. The number of carbonyl (C=O) groups is 1. The number of rotatable bonds is 44. The van der Waals surface area contributed by atoms with E-state index in [0.717, 1.165) is 12.8 Å². The first kappa shape index (κ1) is 54.5. The molecule has 0 fully saturated rings. The Morgan fingerprint density at radius 1 is 0.302 bits per heavy atom. The number of carboxylic acid groups (broad SMARTS) is 1. The summed E-state index contributed by atoms with van der Waals surface area (Å²) >= 11 is 0. The molecule has 0 heterocycles. The van der Waals surface area contributed by atoms with E-state index < -0.39 is 5.97 Å². The van der Waals surface area contributed by atoms with Crippen molar-refractivity contribution >= 4 is 5.97 Å². The molecule has 0 N–H and O–H groups in total. The predicted octanol–water partition coefficient (Wildman–Crippen LogP) is 16.2. The molecule has 0 unspecified atom stereocenters. The highest BCUT2D eigenvalue weighted by molar-refractivity contribution is 5.64. The first-order valence-electron chi connectivity index (χ1n) is 25.1. The Balaban J connectivity index is 0. The summed E-state index contributed by atoms with van der Waals surface area (Å²) in [4.78, 5) is 10.1. The van der Waals surface area contributed by atoms with Gasteiger partial charge in [-0.3, -0.25) is 0 Å². The van der Waals surface area contributed by atoms with E-state index >= 15 is 0 Å². The van der Waals surface area contributed by atoms with Crippen LogP contribution >= 0.6 is 0 Å². The van der Waals surface area contributed by atoms with E-state index in [1.54, 1.807) is 0 Å². The second-order valence-electron chi connectivity index (χ2n) is 17.3. The lowest BCUT2D eigenvalue weighted by Crippen LogP contribution is -2.50. The van der Waals surface area contributed by atoms with Crippen molar-refractivity contribution in [1.82, 2.24) is 0 Å². The lowest BCUT2D eigenvalue weighted by Gasteiger charge is -2.38. The second kappa shape index (κ2) is 47.6. The van der Waals surface area contributed by atoms with Crippen LogP contribution in [-0.2, 0) is 4.79 Å². The summed E-state index contributed by atoms with van der Waals surface area (Å²) < 4.78 is 1.44. The summed E-state index contributed by atoms with van der Waals surface area (Å²) in [5.74, 6) is -0.911. The zero-order valence-electron chi connectivity index (χ0n) is 37.9. The predicted molar refractivity (Wildman–Crippen MR) is 238 cm³/mol. The Morgan fingerprint density at radius 2 is 0.491 bits per heavy atom. The molecule has 0 aliphatic rings. The van der Waals surface area contributed by atoms with Crippen molar-refractivity contribution in [2.45, 2.75) is 291 Å². The standard InChI is InChI=1S/C39H82N.C11H22O2/c1-5-9-12-15-18-20-22-24-26-29-32-35-38-40(8-4,37-34-31-28-17-14-11-7-3)39-36-33-30-27-25-23-21-19-16-13-10-6-2;1-2-3-4-5-6-7-8-9-10-11(12)13/h5-39H2,1-4H3;2-10H2,1H3,(H,12,13)/q+1;/p-1. The average molecular weight is 750 g/mol. The van der Waals surface area contributed by atoms with Crippen LogP contribution in [0.3, 0.4) is 0 Å². The summed E-state index contributed by atoms with van der Waals surface area (Å²) in [6, 6.07) is 0. The van der Waals surface area contributed by atoms with Crippen molar-refractivity contribution in [3.05, 3.63) is 0 Å². The van der Waals surface area contributed by atoms with Gasteiger partial charge in [0.15, 0.2) is 0 Å². The van der Waals surface area contributed by atoms with Gasteiger partial charge in [0.2, 0.25) is 0 Å².